The van der Waals surface area contributed by atoms with Crippen molar-refractivity contribution < 1.29 is 9.15 Å². The average Bonchev–Trinajstić information content (AvgIpc) is 2.67. The summed E-state index contributed by atoms with van der Waals surface area (Å²) in [5, 5.41) is 0. The van der Waals surface area contributed by atoms with Crippen LogP contribution >= 0.6 is 0 Å². The van der Waals surface area contributed by atoms with Gasteiger partial charge in [-0.1, -0.05) is 11.6 Å². The number of hydrogen-bond donors (Lipinski definition) is 0. The molecule has 0 aliphatic carbocycles. The average molecular weight is 234 g/mol. The number of rotatable bonds is 6. The Labute approximate surface area is 104 Å². The molecule has 2 nitrogen and oxygen atoms in total. The predicted octanol–water partition coefficient (Wildman–Crippen LogP) is 4.12. The summed E-state index contributed by atoms with van der Waals surface area (Å²) < 4.78 is 10.9. The Morgan fingerprint density at radius 2 is 2.24 bits per heavy atom. The standard InChI is InChI=1S/C15H22O2/c1-12(9-10-14-15(2,3)17-14)6-4-7-13-8-5-11-16-13/h5-6,8,11,14H,4,7,9-10H2,1-3H3/b12-6+. The van der Waals surface area contributed by atoms with Gasteiger partial charge in [-0.25, -0.2) is 0 Å². The lowest BCUT2D eigenvalue weighted by Gasteiger charge is -2.00. The largest absolute Gasteiger partial charge is 0.469 e. The fourth-order valence-corrected chi connectivity index (χ4v) is 2.12. The molecular weight excluding hydrogens is 212 g/mol. The lowest BCUT2D eigenvalue weighted by Crippen LogP contribution is -2.02. The van der Waals surface area contributed by atoms with Gasteiger partial charge in [-0.3, -0.25) is 0 Å². The number of allylic oxidation sites excluding steroid dienone is 2. The monoisotopic (exact) mass is 234 g/mol. The molecule has 2 rings (SSSR count). The van der Waals surface area contributed by atoms with Crippen molar-refractivity contribution in [1.82, 2.24) is 0 Å². The van der Waals surface area contributed by atoms with Crippen LogP contribution < -0.4 is 0 Å². The third-order valence-corrected chi connectivity index (χ3v) is 3.43. The summed E-state index contributed by atoms with van der Waals surface area (Å²) in [5.41, 5.74) is 1.59. The normalized spacial score (nSPS) is 22.8. The zero-order valence-corrected chi connectivity index (χ0v) is 11.0. The smallest absolute Gasteiger partial charge is 0.104 e. The fourth-order valence-electron chi connectivity index (χ4n) is 2.12. The Bertz CT molecular complexity index is 374. The van der Waals surface area contributed by atoms with E-state index in [2.05, 4.69) is 26.8 Å². The molecule has 1 fully saturated rings. The molecule has 1 unspecified atom stereocenters. The van der Waals surface area contributed by atoms with Crippen molar-refractivity contribution in [3.63, 3.8) is 0 Å². The number of ether oxygens (including phenoxy) is 1. The van der Waals surface area contributed by atoms with E-state index < -0.39 is 0 Å². The molecule has 1 aromatic rings. The van der Waals surface area contributed by atoms with Gasteiger partial charge >= 0.3 is 0 Å². The topological polar surface area (TPSA) is 25.7 Å². The van der Waals surface area contributed by atoms with Crippen molar-refractivity contribution in [2.24, 2.45) is 0 Å². The van der Waals surface area contributed by atoms with Crippen molar-refractivity contribution in [2.45, 2.75) is 58.2 Å². The van der Waals surface area contributed by atoms with E-state index in [4.69, 9.17) is 9.15 Å². The molecule has 1 atom stereocenters. The van der Waals surface area contributed by atoms with Crippen LogP contribution in [0.3, 0.4) is 0 Å². The minimum atomic E-state index is 0.133. The second-order valence-corrected chi connectivity index (χ2v) is 5.42. The van der Waals surface area contributed by atoms with E-state index in [0.717, 1.165) is 31.4 Å². The first-order valence-corrected chi connectivity index (χ1v) is 6.44. The van der Waals surface area contributed by atoms with Gasteiger partial charge in [-0.05, 0) is 52.2 Å². The van der Waals surface area contributed by atoms with Crippen LogP contribution in [-0.4, -0.2) is 11.7 Å². The molecular formula is C15H22O2. The van der Waals surface area contributed by atoms with Crippen LogP contribution in [0.25, 0.3) is 0 Å². The van der Waals surface area contributed by atoms with E-state index in [1.807, 2.05) is 12.1 Å². The minimum absolute atomic E-state index is 0.133. The molecule has 1 aromatic heterocycles. The van der Waals surface area contributed by atoms with Crippen molar-refractivity contribution >= 4 is 0 Å². The molecule has 0 saturated carbocycles. The van der Waals surface area contributed by atoms with Gasteiger partial charge in [0.1, 0.15) is 5.76 Å². The van der Waals surface area contributed by atoms with Gasteiger partial charge in [0, 0.05) is 6.42 Å². The quantitative estimate of drug-likeness (QED) is 0.546. The van der Waals surface area contributed by atoms with E-state index in [9.17, 15) is 0 Å². The van der Waals surface area contributed by atoms with Gasteiger partial charge in [0.15, 0.2) is 0 Å². The number of aryl methyl sites for hydroxylation is 1. The summed E-state index contributed by atoms with van der Waals surface area (Å²) in [4.78, 5) is 0. The SMILES string of the molecule is C/C(=C\CCc1ccco1)CCC1OC1(C)C. The molecule has 0 spiro atoms. The van der Waals surface area contributed by atoms with Crippen molar-refractivity contribution in [2.75, 3.05) is 0 Å². The molecule has 0 N–H and O–H groups in total. The Balaban J connectivity index is 1.64. The molecule has 0 bridgehead atoms. The molecule has 2 heterocycles. The number of hydrogen-bond acceptors (Lipinski definition) is 2. The van der Waals surface area contributed by atoms with E-state index >= 15 is 0 Å². The Kier molecular flexibility index (Phi) is 3.72. The maximum absolute atomic E-state index is 5.58. The second-order valence-electron chi connectivity index (χ2n) is 5.42. The Morgan fingerprint density at radius 1 is 1.47 bits per heavy atom. The van der Waals surface area contributed by atoms with Crippen LogP contribution in [0.1, 0.15) is 45.8 Å². The highest BCUT2D eigenvalue weighted by Crippen LogP contribution is 2.38. The molecule has 0 aromatic carbocycles. The third kappa shape index (κ3) is 3.74. The first-order chi connectivity index (χ1) is 8.08. The predicted molar refractivity (Wildman–Crippen MR) is 69.0 cm³/mol. The summed E-state index contributed by atoms with van der Waals surface area (Å²) in [6.07, 6.45) is 8.87. The highest BCUT2D eigenvalue weighted by atomic mass is 16.6. The Hall–Kier alpha value is -1.02. The summed E-state index contributed by atoms with van der Waals surface area (Å²) in [6.45, 7) is 6.53. The van der Waals surface area contributed by atoms with E-state index in [1.165, 1.54) is 5.57 Å². The zero-order chi connectivity index (χ0) is 12.3. The maximum atomic E-state index is 5.58. The van der Waals surface area contributed by atoms with Gasteiger partial charge in [0.25, 0.3) is 0 Å². The van der Waals surface area contributed by atoms with Gasteiger partial charge in [0.05, 0.1) is 18.0 Å². The maximum Gasteiger partial charge on any atom is 0.104 e. The first-order valence-electron chi connectivity index (χ1n) is 6.44. The van der Waals surface area contributed by atoms with Crippen molar-refractivity contribution in [1.29, 1.82) is 0 Å². The van der Waals surface area contributed by atoms with Crippen LogP contribution in [0.2, 0.25) is 0 Å². The van der Waals surface area contributed by atoms with E-state index in [1.54, 1.807) is 6.26 Å². The first kappa shape index (κ1) is 12.4. The van der Waals surface area contributed by atoms with Crippen LogP contribution in [0, 0.1) is 0 Å². The minimum Gasteiger partial charge on any atom is -0.469 e. The molecule has 0 amide bonds. The van der Waals surface area contributed by atoms with Crippen LogP contribution in [0.15, 0.2) is 34.5 Å². The van der Waals surface area contributed by atoms with Crippen LogP contribution in [0.5, 0.6) is 0 Å². The zero-order valence-electron chi connectivity index (χ0n) is 11.0. The molecule has 1 aliphatic rings. The van der Waals surface area contributed by atoms with Crippen LogP contribution in [0.4, 0.5) is 0 Å². The lowest BCUT2D eigenvalue weighted by molar-refractivity contribution is 0.320. The number of furan rings is 1. The van der Waals surface area contributed by atoms with Gasteiger partial charge in [0.2, 0.25) is 0 Å². The summed E-state index contributed by atoms with van der Waals surface area (Å²) in [6, 6.07) is 3.97. The highest BCUT2D eigenvalue weighted by Gasteiger charge is 2.46. The van der Waals surface area contributed by atoms with Crippen molar-refractivity contribution in [3.05, 3.63) is 35.8 Å². The molecule has 2 heteroatoms. The lowest BCUT2D eigenvalue weighted by atomic mass is 10.0. The Morgan fingerprint density at radius 3 is 2.82 bits per heavy atom. The third-order valence-electron chi connectivity index (χ3n) is 3.43. The van der Waals surface area contributed by atoms with Gasteiger partial charge in [-0.2, -0.15) is 0 Å². The highest BCUT2D eigenvalue weighted by molar-refractivity contribution is 5.05. The van der Waals surface area contributed by atoms with Crippen LogP contribution in [-0.2, 0) is 11.2 Å². The summed E-state index contributed by atoms with van der Waals surface area (Å²) in [5.74, 6) is 1.07. The molecule has 0 radical (unpaired) electrons. The summed E-state index contributed by atoms with van der Waals surface area (Å²) >= 11 is 0. The molecule has 17 heavy (non-hydrogen) atoms. The van der Waals surface area contributed by atoms with E-state index in [0.29, 0.717) is 6.10 Å². The fraction of sp³-hybridized carbons (Fsp3) is 0.600. The van der Waals surface area contributed by atoms with Gasteiger partial charge in [-0.15, -0.1) is 0 Å². The molecule has 1 aliphatic heterocycles. The van der Waals surface area contributed by atoms with E-state index in [-0.39, 0.29) is 5.60 Å². The summed E-state index contributed by atoms with van der Waals surface area (Å²) in [7, 11) is 0. The second kappa shape index (κ2) is 5.09. The molecule has 94 valence electrons. The number of epoxide rings is 1. The van der Waals surface area contributed by atoms with Crippen molar-refractivity contribution in [3.8, 4) is 0 Å². The molecule has 1 saturated heterocycles. The van der Waals surface area contributed by atoms with Gasteiger partial charge < -0.3 is 9.15 Å².